The molecule has 0 aliphatic rings. The number of amides is 1. The van der Waals surface area contributed by atoms with E-state index in [1.807, 2.05) is 39.0 Å². The number of aryl methyl sites for hydroxylation is 3. The molecule has 1 N–H and O–H groups in total. The highest BCUT2D eigenvalue weighted by Gasteiger charge is 2.12. The molecule has 7 heteroatoms. The van der Waals surface area contributed by atoms with Crippen LogP contribution in [-0.2, 0) is 4.79 Å². The van der Waals surface area contributed by atoms with Crippen LogP contribution >= 0.6 is 23.4 Å². The first-order valence-corrected chi connectivity index (χ1v) is 9.38. The maximum Gasteiger partial charge on any atom is 0.277 e. The summed E-state index contributed by atoms with van der Waals surface area (Å²) in [5.74, 6) is 0.456. The van der Waals surface area contributed by atoms with Gasteiger partial charge in [0.1, 0.15) is 0 Å². The highest BCUT2D eigenvalue weighted by atomic mass is 35.5. The zero-order valence-electron chi connectivity index (χ0n) is 14.7. The molecule has 0 aliphatic carbocycles. The van der Waals surface area contributed by atoms with Gasteiger partial charge in [-0.3, -0.25) is 4.79 Å². The standard InChI is InChI=1S/C19H18ClN3O2S/c1-11-6-12(2)8-14(7-11)18-22-23-19(25-18)26-10-17(24)21-16-9-15(20)5-4-13(16)3/h4-9H,10H2,1-3H3,(H,21,24). The molecule has 5 nitrogen and oxygen atoms in total. The number of nitrogens with zero attached hydrogens (tertiary/aromatic N) is 2. The highest BCUT2D eigenvalue weighted by Crippen LogP contribution is 2.25. The van der Waals surface area contributed by atoms with Crippen molar-refractivity contribution >= 4 is 35.0 Å². The van der Waals surface area contributed by atoms with E-state index >= 15 is 0 Å². The third kappa shape index (κ3) is 4.65. The van der Waals surface area contributed by atoms with E-state index in [2.05, 4.69) is 21.6 Å². The SMILES string of the molecule is Cc1cc(C)cc(-c2nnc(SCC(=O)Nc3cc(Cl)ccc3C)o2)c1. The van der Waals surface area contributed by atoms with Gasteiger partial charge in [0, 0.05) is 16.3 Å². The number of nitrogens with one attached hydrogen (secondary N) is 1. The molecule has 0 saturated carbocycles. The third-order valence-electron chi connectivity index (χ3n) is 3.68. The number of carbonyl (C=O) groups is 1. The number of aromatic nitrogens is 2. The van der Waals surface area contributed by atoms with Crippen molar-refractivity contribution in [3.05, 3.63) is 58.1 Å². The average molecular weight is 388 g/mol. The molecule has 1 aromatic heterocycles. The van der Waals surface area contributed by atoms with Crippen LogP contribution in [0.4, 0.5) is 5.69 Å². The largest absolute Gasteiger partial charge is 0.411 e. The molecule has 0 spiro atoms. The van der Waals surface area contributed by atoms with Crippen LogP contribution in [0.1, 0.15) is 16.7 Å². The Kier molecular flexibility index (Phi) is 5.64. The molecule has 0 saturated heterocycles. The Balaban J connectivity index is 1.62. The topological polar surface area (TPSA) is 68.0 Å². The van der Waals surface area contributed by atoms with Crippen molar-refractivity contribution in [1.29, 1.82) is 0 Å². The molecule has 0 atom stereocenters. The van der Waals surface area contributed by atoms with E-state index in [-0.39, 0.29) is 11.7 Å². The predicted molar refractivity (Wildman–Crippen MR) is 105 cm³/mol. The fraction of sp³-hybridized carbons (Fsp3) is 0.211. The third-order valence-corrected chi connectivity index (χ3v) is 4.73. The molecule has 2 aromatic carbocycles. The fourth-order valence-corrected chi connectivity index (χ4v) is 3.26. The van der Waals surface area contributed by atoms with Crippen LogP contribution in [0.5, 0.6) is 0 Å². The molecule has 0 radical (unpaired) electrons. The lowest BCUT2D eigenvalue weighted by Crippen LogP contribution is -2.14. The van der Waals surface area contributed by atoms with Gasteiger partial charge in [0.05, 0.1) is 5.75 Å². The molecule has 3 aromatic rings. The minimum atomic E-state index is -0.161. The molecule has 1 heterocycles. The van der Waals surface area contributed by atoms with Crippen molar-refractivity contribution in [3.63, 3.8) is 0 Å². The molecule has 0 bridgehead atoms. The summed E-state index contributed by atoms with van der Waals surface area (Å²) >= 11 is 7.16. The zero-order chi connectivity index (χ0) is 18.7. The van der Waals surface area contributed by atoms with Gasteiger partial charge in [0.15, 0.2) is 0 Å². The number of carbonyl (C=O) groups excluding carboxylic acids is 1. The summed E-state index contributed by atoms with van der Waals surface area (Å²) in [4.78, 5) is 12.2. The minimum absolute atomic E-state index is 0.161. The van der Waals surface area contributed by atoms with E-state index in [1.165, 1.54) is 11.8 Å². The molecule has 0 aliphatic heterocycles. The van der Waals surface area contributed by atoms with Crippen LogP contribution in [0.2, 0.25) is 5.02 Å². The maximum absolute atomic E-state index is 12.2. The van der Waals surface area contributed by atoms with E-state index in [0.29, 0.717) is 21.8 Å². The number of benzene rings is 2. The summed E-state index contributed by atoms with van der Waals surface area (Å²) < 4.78 is 5.66. The first-order valence-electron chi connectivity index (χ1n) is 8.02. The van der Waals surface area contributed by atoms with Gasteiger partial charge in [-0.2, -0.15) is 0 Å². The monoisotopic (exact) mass is 387 g/mol. The van der Waals surface area contributed by atoms with Crippen LogP contribution in [0.15, 0.2) is 46.0 Å². The fourth-order valence-electron chi connectivity index (χ4n) is 2.53. The lowest BCUT2D eigenvalue weighted by molar-refractivity contribution is -0.113. The normalized spacial score (nSPS) is 10.8. The van der Waals surface area contributed by atoms with Crippen molar-refractivity contribution in [3.8, 4) is 11.5 Å². The number of hydrogen-bond acceptors (Lipinski definition) is 5. The molecule has 0 unspecified atom stereocenters. The Bertz CT molecular complexity index is 935. The molecule has 0 fully saturated rings. The number of hydrogen-bond donors (Lipinski definition) is 1. The number of rotatable bonds is 5. The average Bonchev–Trinajstić information content (AvgIpc) is 3.04. The Labute approximate surface area is 161 Å². The molecule has 1 amide bonds. The quantitative estimate of drug-likeness (QED) is 0.620. The van der Waals surface area contributed by atoms with Crippen LogP contribution in [-0.4, -0.2) is 21.9 Å². The Morgan fingerprint density at radius 3 is 2.58 bits per heavy atom. The number of thioether (sulfide) groups is 1. The van der Waals surface area contributed by atoms with Crippen molar-refractivity contribution in [2.45, 2.75) is 26.0 Å². The van der Waals surface area contributed by atoms with E-state index < -0.39 is 0 Å². The van der Waals surface area contributed by atoms with E-state index in [1.54, 1.807) is 12.1 Å². The summed E-state index contributed by atoms with van der Waals surface area (Å²) in [6.07, 6.45) is 0. The second-order valence-corrected chi connectivity index (χ2v) is 7.41. The highest BCUT2D eigenvalue weighted by molar-refractivity contribution is 7.99. The lowest BCUT2D eigenvalue weighted by Gasteiger charge is -2.07. The lowest BCUT2D eigenvalue weighted by atomic mass is 10.1. The van der Waals surface area contributed by atoms with Crippen molar-refractivity contribution < 1.29 is 9.21 Å². The van der Waals surface area contributed by atoms with E-state index in [0.717, 1.165) is 22.3 Å². The summed E-state index contributed by atoms with van der Waals surface area (Å²) in [6.45, 7) is 5.95. The summed E-state index contributed by atoms with van der Waals surface area (Å²) in [6, 6.07) is 11.4. The van der Waals surface area contributed by atoms with Crippen molar-refractivity contribution in [2.75, 3.05) is 11.1 Å². The summed E-state index contributed by atoms with van der Waals surface area (Å²) in [5.41, 5.74) is 4.78. The van der Waals surface area contributed by atoms with Crippen LogP contribution in [0.3, 0.4) is 0 Å². The van der Waals surface area contributed by atoms with Crippen molar-refractivity contribution in [1.82, 2.24) is 10.2 Å². The summed E-state index contributed by atoms with van der Waals surface area (Å²) in [7, 11) is 0. The Morgan fingerprint density at radius 1 is 1.12 bits per heavy atom. The summed E-state index contributed by atoms with van der Waals surface area (Å²) in [5, 5.41) is 11.9. The molecular formula is C19H18ClN3O2S. The first-order chi connectivity index (χ1) is 12.4. The second kappa shape index (κ2) is 7.93. The minimum Gasteiger partial charge on any atom is -0.411 e. The van der Waals surface area contributed by atoms with Crippen LogP contribution in [0.25, 0.3) is 11.5 Å². The van der Waals surface area contributed by atoms with Gasteiger partial charge < -0.3 is 9.73 Å². The van der Waals surface area contributed by atoms with Gasteiger partial charge in [-0.25, -0.2) is 0 Å². The van der Waals surface area contributed by atoms with Gasteiger partial charge in [-0.05, 0) is 50.6 Å². The Hall–Kier alpha value is -2.31. The number of halogens is 1. The number of anilines is 1. The van der Waals surface area contributed by atoms with E-state index in [4.69, 9.17) is 16.0 Å². The molecule has 26 heavy (non-hydrogen) atoms. The Morgan fingerprint density at radius 2 is 1.85 bits per heavy atom. The van der Waals surface area contributed by atoms with E-state index in [9.17, 15) is 4.79 Å². The molecule has 134 valence electrons. The van der Waals surface area contributed by atoms with Crippen molar-refractivity contribution in [2.24, 2.45) is 0 Å². The van der Waals surface area contributed by atoms with Crippen LogP contribution in [0, 0.1) is 20.8 Å². The van der Waals surface area contributed by atoms with Gasteiger partial charge in [-0.15, -0.1) is 10.2 Å². The zero-order valence-corrected chi connectivity index (χ0v) is 16.2. The maximum atomic E-state index is 12.2. The molecular weight excluding hydrogens is 370 g/mol. The molecule has 3 rings (SSSR count). The predicted octanol–water partition coefficient (Wildman–Crippen LogP) is 5.05. The van der Waals surface area contributed by atoms with Gasteiger partial charge in [-0.1, -0.05) is 46.6 Å². The van der Waals surface area contributed by atoms with Crippen LogP contribution < -0.4 is 5.32 Å². The second-order valence-electron chi connectivity index (χ2n) is 6.05. The van der Waals surface area contributed by atoms with Gasteiger partial charge in [0.25, 0.3) is 5.22 Å². The smallest absolute Gasteiger partial charge is 0.277 e. The first kappa shape index (κ1) is 18.5. The van der Waals surface area contributed by atoms with Gasteiger partial charge >= 0.3 is 0 Å². The van der Waals surface area contributed by atoms with Gasteiger partial charge in [0.2, 0.25) is 11.8 Å².